The van der Waals surface area contributed by atoms with Crippen LogP contribution in [-0.4, -0.2) is 11.2 Å². The maximum Gasteiger partial charge on any atom is 0.203 e. The molecule has 1 N–H and O–H groups in total. The summed E-state index contributed by atoms with van der Waals surface area (Å²) in [5.74, 6) is 0. The molecule has 0 amide bonds. The van der Waals surface area contributed by atoms with E-state index in [2.05, 4.69) is 47.6 Å². The maximum absolute atomic E-state index is 4.30. The highest BCUT2D eigenvalue weighted by Gasteiger charge is 2.01. The molecule has 0 bridgehead atoms. The van der Waals surface area contributed by atoms with E-state index in [1.165, 1.54) is 16.7 Å². The van der Waals surface area contributed by atoms with Crippen molar-refractivity contribution >= 4 is 22.7 Å². The molecule has 0 unspecified atom stereocenters. The van der Waals surface area contributed by atoms with Crippen LogP contribution in [0.2, 0.25) is 0 Å². The minimum absolute atomic E-state index is 0.829. The second-order valence-corrected chi connectivity index (χ2v) is 5.02. The second kappa shape index (κ2) is 5.78. The Labute approximate surface area is 112 Å². The van der Waals surface area contributed by atoms with Crippen molar-refractivity contribution in [3.05, 3.63) is 46.0 Å². The monoisotopic (exact) mass is 259 g/mol. The third-order valence-corrected chi connectivity index (χ3v) is 3.63. The molecule has 3 nitrogen and oxygen atoms in total. The predicted molar refractivity (Wildman–Crippen MR) is 78.6 cm³/mol. The molecule has 0 saturated heterocycles. The van der Waals surface area contributed by atoms with Crippen molar-refractivity contribution in [3.8, 4) is 0 Å². The van der Waals surface area contributed by atoms with Gasteiger partial charge in [-0.3, -0.25) is 5.43 Å². The van der Waals surface area contributed by atoms with Crippen molar-refractivity contribution in [2.75, 3.05) is 5.43 Å². The van der Waals surface area contributed by atoms with Gasteiger partial charge < -0.3 is 0 Å². The van der Waals surface area contributed by atoms with Crippen LogP contribution in [-0.2, 0) is 6.42 Å². The first-order valence-electron chi connectivity index (χ1n) is 6.00. The van der Waals surface area contributed by atoms with Gasteiger partial charge in [0, 0.05) is 10.9 Å². The smallest absolute Gasteiger partial charge is 0.203 e. The SMILES string of the molecule is CCc1cccc(C)c1C=NNc1nc(C)cs1. The highest BCUT2D eigenvalue weighted by atomic mass is 32.1. The number of thiazole rings is 1. The van der Waals surface area contributed by atoms with Crippen molar-refractivity contribution < 1.29 is 0 Å². The average Bonchev–Trinajstić information content (AvgIpc) is 2.77. The van der Waals surface area contributed by atoms with Crippen molar-refractivity contribution in [2.45, 2.75) is 27.2 Å². The summed E-state index contributed by atoms with van der Waals surface area (Å²) in [4.78, 5) is 4.30. The first kappa shape index (κ1) is 12.8. The van der Waals surface area contributed by atoms with E-state index in [0.717, 1.165) is 17.2 Å². The molecule has 0 aliphatic rings. The number of benzene rings is 1. The lowest BCUT2D eigenvalue weighted by molar-refractivity contribution is 1.12. The fraction of sp³-hybridized carbons (Fsp3) is 0.286. The molecule has 0 atom stereocenters. The van der Waals surface area contributed by atoms with E-state index in [1.54, 1.807) is 11.3 Å². The van der Waals surface area contributed by atoms with Crippen LogP contribution in [0.3, 0.4) is 0 Å². The Hall–Kier alpha value is -1.68. The molecule has 94 valence electrons. The van der Waals surface area contributed by atoms with E-state index >= 15 is 0 Å². The van der Waals surface area contributed by atoms with Gasteiger partial charge in [-0.15, -0.1) is 11.3 Å². The molecular weight excluding hydrogens is 242 g/mol. The average molecular weight is 259 g/mol. The van der Waals surface area contributed by atoms with Crippen molar-refractivity contribution in [3.63, 3.8) is 0 Å². The summed E-state index contributed by atoms with van der Waals surface area (Å²) in [6.07, 6.45) is 2.89. The Bertz CT molecular complexity index is 558. The first-order chi connectivity index (χ1) is 8.70. The molecule has 18 heavy (non-hydrogen) atoms. The number of hydrogen-bond acceptors (Lipinski definition) is 4. The molecule has 2 rings (SSSR count). The van der Waals surface area contributed by atoms with Gasteiger partial charge in [0.25, 0.3) is 0 Å². The molecule has 1 aromatic carbocycles. The quantitative estimate of drug-likeness (QED) is 0.670. The van der Waals surface area contributed by atoms with E-state index in [4.69, 9.17) is 0 Å². The molecule has 2 aromatic rings. The number of hydrazone groups is 1. The van der Waals surface area contributed by atoms with E-state index < -0.39 is 0 Å². The molecule has 1 heterocycles. The molecule has 0 fully saturated rings. The van der Waals surface area contributed by atoms with Crippen LogP contribution in [0, 0.1) is 13.8 Å². The Kier molecular flexibility index (Phi) is 4.10. The Morgan fingerprint density at radius 1 is 1.39 bits per heavy atom. The minimum atomic E-state index is 0.829. The second-order valence-electron chi connectivity index (χ2n) is 4.17. The summed E-state index contributed by atoms with van der Waals surface area (Å²) >= 11 is 1.56. The first-order valence-corrected chi connectivity index (χ1v) is 6.88. The Balaban J connectivity index is 2.13. The lowest BCUT2D eigenvalue weighted by Crippen LogP contribution is -1.97. The normalized spacial score (nSPS) is 11.1. The summed E-state index contributed by atoms with van der Waals surface area (Å²) in [6.45, 7) is 6.24. The molecule has 0 aliphatic heterocycles. The summed E-state index contributed by atoms with van der Waals surface area (Å²) in [5, 5.41) is 7.10. The fourth-order valence-electron chi connectivity index (χ4n) is 1.79. The van der Waals surface area contributed by atoms with E-state index in [9.17, 15) is 0 Å². The fourth-order valence-corrected chi connectivity index (χ4v) is 2.43. The van der Waals surface area contributed by atoms with Crippen molar-refractivity contribution in [1.82, 2.24) is 4.98 Å². The zero-order valence-corrected chi connectivity index (χ0v) is 11.7. The van der Waals surface area contributed by atoms with Gasteiger partial charge >= 0.3 is 0 Å². The summed E-state index contributed by atoms with van der Waals surface area (Å²) in [5.41, 5.74) is 7.74. The summed E-state index contributed by atoms with van der Waals surface area (Å²) in [7, 11) is 0. The van der Waals surface area contributed by atoms with Crippen LogP contribution >= 0.6 is 11.3 Å². The van der Waals surface area contributed by atoms with Gasteiger partial charge in [0.2, 0.25) is 5.13 Å². The van der Waals surface area contributed by atoms with Crippen LogP contribution in [0.5, 0.6) is 0 Å². The van der Waals surface area contributed by atoms with Crippen LogP contribution in [0.1, 0.15) is 29.3 Å². The summed E-state index contributed by atoms with van der Waals surface area (Å²) in [6, 6.07) is 6.33. The summed E-state index contributed by atoms with van der Waals surface area (Å²) < 4.78 is 0. The number of anilines is 1. The molecule has 1 aromatic heterocycles. The lowest BCUT2D eigenvalue weighted by atomic mass is 10.0. The lowest BCUT2D eigenvalue weighted by Gasteiger charge is -2.05. The Morgan fingerprint density at radius 3 is 2.89 bits per heavy atom. The molecule has 0 radical (unpaired) electrons. The molecular formula is C14H17N3S. The van der Waals surface area contributed by atoms with E-state index in [1.807, 2.05) is 18.5 Å². The van der Waals surface area contributed by atoms with Gasteiger partial charge in [0.05, 0.1) is 11.9 Å². The zero-order valence-electron chi connectivity index (χ0n) is 10.9. The largest absolute Gasteiger partial charge is 0.253 e. The zero-order chi connectivity index (χ0) is 13.0. The number of hydrogen-bond donors (Lipinski definition) is 1. The predicted octanol–water partition coefficient (Wildman–Crippen LogP) is 3.77. The topological polar surface area (TPSA) is 37.3 Å². The van der Waals surface area contributed by atoms with Crippen molar-refractivity contribution in [1.29, 1.82) is 0 Å². The van der Waals surface area contributed by atoms with Gasteiger partial charge in [-0.2, -0.15) is 5.10 Å². The number of nitrogens with zero attached hydrogens (tertiary/aromatic N) is 2. The van der Waals surface area contributed by atoms with E-state index in [0.29, 0.717) is 0 Å². The standard InChI is InChI=1S/C14H17N3S/c1-4-12-7-5-6-10(2)13(12)8-15-17-14-16-11(3)9-18-14/h5-9H,4H2,1-3H3,(H,16,17). The number of rotatable bonds is 4. The maximum atomic E-state index is 4.30. The van der Waals surface area contributed by atoms with Gasteiger partial charge in [-0.25, -0.2) is 4.98 Å². The highest BCUT2D eigenvalue weighted by molar-refractivity contribution is 7.13. The molecule has 0 aliphatic carbocycles. The highest BCUT2D eigenvalue weighted by Crippen LogP contribution is 2.15. The third-order valence-electron chi connectivity index (χ3n) is 2.77. The van der Waals surface area contributed by atoms with E-state index in [-0.39, 0.29) is 0 Å². The minimum Gasteiger partial charge on any atom is -0.253 e. The Morgan fingerprint density at radius 2 is 2.22 bits per heavy atom. The van der Waals surface area contributed by atoms with Crippen LogP contribution in [0.15, 0.2) is 28.7 Å². The molecule has 0 saturated carbocycles. The van der Waals surface area contributed by atoms with Crippen LogP contribution in [0.25, 0.3) is 0 Å². The van der Waals surface area contributed by atoms with Gasteiger partial charge in [-0.05, 0) is 31.4 Å². The number of aryl methyl sites for hydroxylation is 3. The van der Waals surface area contributed by atoms with Gasteiger partial charge in [0.15, 0.2) is 0 Å². The van der Waals surface area contributed by atoms with Crippen LogP contribution in [0.4, 0.5) is 5.13 Å². The number of aromatic nitrogens is 1. The van der Waals surface area contributed by atoms with Gasteiger partial charge in [0.1, 0.15) is 0 Å². The van der Waals surface area contributed by atoms with Crippen molar-refractivity contribution in [2.24, 2.45) is 5.10 Å². The third kappa shape index (κ3) is 2.96. The van der Waals surface area contributed by atoms with Gasteiger partial charge in [-0.1, -0.05) is 25.1 Å². The molecule has 0 spiro atoms. The van der Waals surface area contributed by atoms with Crippen LogP contribution < -0.4 is 5.43 Å². The molecule has 4 heteroatoms. The number of nitrogens with one attached hydrogen (secondary N) is 1.